The number of carbonyl (C=O) groups is 1. The van der Waals surface area contributed by atoms with E-state index in [1.165, 1.54) is 35.6 Å². The zero-order valence-corrected chi connectivity index (χ0v) is 17.2. The van der Waals surface area contributed by atoms with Crippen molar-refractivity contribution in [3.63, 3.8) is 0 Å². The second kappa shape index (κ2) is 6.82. The number of aromatic nitrogens is 2. The van der Waals surface area contributed by atoms with Gasteiger partial charge in [0.15, 0.2) is 0 Å². The van der Waals surface area contributed by atoms with Crippen LogP contribution >= 0.6 is 0 Å². The van der Waals surface area contributed by atoms with Gasteiger partial charge < -0.3 is 5.32 Å². The number of hydrogen-bond donors (Lipinski definition) is 1. The zero-order chi connectivity index (χ0) is 20.2. The van der Waals surface area contributed by atoms with Gasteiger partial charge in [0.25, 0.3) is 5.56 Å². The molecule has 1 N–H and O–H groups in total. The Labute approximate surface area is 171 Å². The van der Waals surface area contributed by atoms with Crippen molar-refractivity contribution >= 4 is 5.91 Å². The summed E-state index contributed by atoms with van der Waals surface area (Å²) in [7, 11) is 0. The van der Waals surface area contributed by atoms with Gasteiger partial charge in [-0.05, 0) is 76.2 Å². The van der Waals surface area contributed by atoms with E-state index in [9.17, 15) is 9.59 Å². The maximum absolute atomic E-state index is 13.2. The number of nitrogens with zero attached hydrogens (tertiary/aromatic N) is 2. The molecule has 2 aromatic rings. The van der Waals surface area contributed by atoms with Gasteiger partial charge in [-0.15, -0.1) is 0 Å². The maximum atomic E-state index is 13.2. The van der Waals surface area contributed by atoms with E-state index in [4.69, 9.17) is 0 Å². The molecule has 4 aliphatic rings. The highest BCUT2D eigenvalue weighted by atomic mass is 16.2. The molecule has 6 rings (SSSR count). The third kappa shape index (κ3) is 3.41. The van der Waals surface area contributed by atoms with Crippen molar-refractivity contribution in [1.29, 1.82) is 0 Å². The van der Waals surface area contributed by atoms with Crippen LogP contribution in [-0.4, -0.2) is 21.2 Å². The van der Waals surface area contributed by atoms with Crippen LogP contribution in [-0.2, 0) is 4.79 Å². The summed E-state index contributed by atoms with van der Waals surface area (Å²) >= 11 is 0. The minimum Gasteiger partial charge on any atom is -0.349 e. The summed E-state index contributed by atoms with van der Waals surface area (Å²) in [5, 5.41) is 7.91. The molecule has 1 amide bonds. The van der Waals surface area contributed by atoms with Crippen LogP contribution in [0.2, 0.25) is 0 Å². The molecule has 0 aliphatic heterocycles. The molecule has 1 aromatic carbocycles. The Morgan fingerprint density at radius 1 is 1.03 bits per heavy atom. The number of benzene rings is 1. The Morgan fingerprint density at radius 3 is 2.21 bits per heavy atom. The lowest BCUT2D eigenvalue weighted by Crippen LogP contribution is -2.60. The highest BCUT2D eigenvalue weighted by Crippen LogP contribution is 2.55. The molecule has 0 radical (unpaired) electrons. The van der Waals surface area contributed by atoms with Crippen molar-refractivity contribution in [1.82, 2.24) is 15.1 Å². The first-order valence-electron chi connectivity index (χ1n) is 10.9. The van der Waals surface area contributed by atoms with Crippen LogP contribution in [0.4, 0.5) is 0 Å². The molecule has 5 nitrogen and oxygen atoms in total. The molecule has 29 heavy (non-hydrogen) atoms. The fraction of sp³-hybridized carbons (Fsp3) is 0.542. The van der Waals surface area contributed by atoms with Gasteiger partial charge in [0.1, 0.15) is 6.04 Å². The Kier molecular flexibility index (Phi) is 4.37. The van der Waals surface area contributed by atoms with E-state index in [1.807, 2.05) is 31.2 Å². The van der Waals surface area contributed by atoms with E-state index in [0.29, 0.717) is 5.69 Å². The number of hydrogen-bond acceptors (Lipinski definition) is 3. The Hall–Kier alpha value is -2.43. The zero-order valence-electron chi connectivity index (χ0n) is 17.2. The summed E-state index contributed by atoms with van der Waals surface area (Å²) in [6, 6.07) is 10.6. The molecule has 4 fully saturated rings. The summed E-state index contributed by atoms with van der Waals surface area (Å²) in [6.07, 6.45) is 7.31. The van der Waals surface area contributed by atoms with Crippen molar-refractivity contribution in [2.24, 2.45) is 17.8 Å². The highest BCUT2D eigenvalue weighted by molar-refractivity contribution is 5.80. The molecule has 1 unspecified atom stereocenters. The third-order valence-electron chi connectivity index (χ3n) is 7.35. The largest absolute Gasteiger partial charge is 0.349 e. The standard InChI is InChI=1S/C24H29N3O2/c1-15-3-5-20(6-4-15)21-7-8-22(28)27(26-21)16(2)23(29)25-24-12-17-9-18(13-24)11-19(10-17)14-24/h3-8,16-19H,9-14H2,1-2H3,(H,25,29). The predicted molar refractivity (Wildman–Crippen MR) is 112 cm³/mol. The van der Waals surface area contributed by atoms with Crippen LogP contribution in [0.25, 0.3) is 11.3 Å². The molecule has 5 heteroatoms. The SMILES string of the molecule is Cc1ccc(-c2ccc(=O)n(C(C)C(=O)NC34CC5CC(CC(C5)C3)C4)n2)cc1. The molecule has 4 aliphatic carbocycles. The summed E-state index contributed by atoms with van der Waals surface area (Å²) in [6.45, 7) is 3.82. The number of aryl methyl sites for hydroxylation is 1. The van der Waals surface area contributed by atoms with Crippen LogP contribution in [0.3, 0.4) is 0 Å². The Morgan fingerprint density at radius 2 is 1.62 bits per heavy atom. The van der Waals surface area contributed by atoms with Crippen molar-refractivity contribution in [3.8, 4) is 11.3 Å². The van der Waals surface area contributed by atoms with Gasteiger partial charge in [-0.1, -0.05) is 29.8 Å². The molecule has 4 saturated carbocycles. The van der Waals surface area contributed by atoms with Crippen LogP contribution in [0, 0.1) is 24.7 Å². The molecule has 152 valence electrons. The first kappa shape index (κ1) is 18.6. The predicted octanol–water partition coefficient (Wildman–Crippen LogP) is 3.86. The van der Waals surface area contributed by atoms with Gasteiger partial charge in [-0.2, -0.15) is 5.10 Å². The van der Waals surface area contributed by atoms with Crippen molar-refractivity contribution in [2.45, 2.75) is 64.0 Å². The first-order chi connectivity index (χ1) is 13.9. The monoisotopic (exact) mass is 391 g/mol. The van der Waals surface area contributed by atoms with Crippen molar-refractivity contribution in [2.75, 3.05) is 0 Å². The summed E-state index contributed by atoms with van der Waals surface area (Å²) in [5.74, 6) is 2.22. The molecule has 1 heterocycles. The van der Waals surface area contributed by atoms with E-state index in [2.05, 4.69) is 10.4 Å². The topological polar surface area (TPSA) is 64.0 Å². The molecular weight excluding hydrogens is 362 g/mol. The van der Waals surface area contributed by atoms with Gasteiger partial charge in [-0.25, -0.2) is 4.68 Å². The lowest BCUT2D eigenvalue weighted by atomic mass is 9.53. The molecule has 0 spiro atoms. The maximum Gasteiger partial charge on any atom is 0.267 e. The van der Waals surface area contributed by atoms with E-state index in [-0.39, 0.29) is 17.0 Å². The number of nitrogens with one attached hydrogen (secondary N) is 1. The summed E-state index contributed by atoms with van der Waals surface area (Å²) in [4.78, 5) is 25.6. The van der Waals surface area contributed by atoms with E-state index < -0.39 is 6.04 Å². The second-order valence-corrected chi connectivity index (χ2v) is 9.73. The van der Waals surface area contributed by atoms with Crippen LogP contribution in [0.5, 0.6) is 0 Å². The fourth-order valence-corrected chi connectivity index (χ4v) is 6.32. The number of carbonyl (C=O) groups excluding carboxylic acids is 1. The van der Waals surface area contributed by atoms with Crippen molar-refractivity contribution in [3.05, 3.63) is 52.3 Å². The average molecular weight is 392 g/mol. The highest BCUT2D eigenvalue weighted by Gasteiger charge is 2.51. The Balaban J connectivity index is 1.38. The van der Waals surface area contributed by atoms with E-state index in [1.54, 1.807) is 13.0 Å². The van der Waals surface area contributed by atoms with Crippen molar-refractivity contribution < 1.29 is 4.79 Å². The van der Waals surface area contributed by atoms with Crippen LogP contribution in [0.15, 0.2) is 41.2 Å². The number of rotatable bonds is 4. The van der Waals surface area contributed by atoms with Gasteiger partial charge in [-0.3, -0.25) is 9.59 Å². The second-order valence-electron chi connectivity index (χ2n) is 9.73. The molecule has 1 aromatic heterocycles. The smallest absolute Gasteiger partial charge is 0.267 e. The van der Waals surface area contributed by atoms with Gasteiger partial charge >= 0.3 is 0 Å². The average Bonchev–Trinajstić information content (AvgIpc) is 2.67. The lowest BCUT2D eigenvalue weighted by molar-refractivity contribution is -0.130. The van der Waals surface area contributed by atoms with Gasteiger partial charge in [0.2, 0.25) is 5.91 Å². The summed E-state index contributed by atoms with van der Waals surface area (Å²) < 4.78 is 1.34. The van der Waals surface area contributed by atoms with Gasteiger partial charge in [0.05, 0.1) is 5.69 Å². The normalized spacial score (nSPS) is 30.9. The molecule has 1 atom stereocenters. The summed E-state index contributed by atoms with van der Waals surface area (Å²) in [5.41, 5.74) is 2.52. The molecular formula is C24H29N3O2. The molecule has 0 saturated heterocycles. The number of amides is 1. The van der Waals surface area contributed by atoms with E-state index >= 15 is 0 Å². The van der Waals surface area contributed by atoms with E-state index in [0.717, 1.165) is 42.6 Å². The molecule has 4 bridgehead atoms. The fourth-order valence-electron chi connectivity index (χ4n) is 6.32. The van der Waals surface area contributed by atoms with Gasteiger partial charge in [0, 0.05) is 17.2 Å². The first-order valence-corrected chi connectivity index (χ1v) is 10.9. The van der Waals surface area contributed by atoms with Crippen LogP contribution < -0.4 is 10.9 Å². The third-order valence-corrected chi connectivity index (χ3v) is 7.35. The minimum atomic E-state index is -0.624. The quantitative estimate of drug-likeness (QED) is 0.861. The lowest BCUT2D eigenvalue weighted by Gasteiger charge is -2.57. The Bertz CT molecular complexity index is 957. The minimum absolute atomic E-state index is 0.0573. The van der Waals surface area contributed by atoms with Crippen LogP contribution in [0.1, 0.15) is 57.1 Å².